The van der Waals surface area contributed by atoms with Gasteiger partial charge in [0.2, 0.25) is 0 Å². The molecule has 2 unspecified atom stereocenters. The van der Waals surface area contributed by atoms with Crippen molar-refractivity contribution in [2.75, 3.05) is 13.2 Å². The lowest BCUT2D eigenvalue weighted by Crippen LogP contribution is -2.25. The first kappa shape index (κ1) is 14.2. The van der Waals surface area contributed by atoms with Crippen LogP contribution in [0.25, 0.3) is 0 Å². The van der Waals surface area contributed by atoms with Gasteiger partial charge in [-0.3, -0.25) is 0 Å². The average molecular weight is 235 g/mol. The summed E-state index contributed by atoms with van der Waals surface area (Å²) in [6.07, 6.45) is 1.96. The third kappa shape index (κ3) is 4.88. The maximum Gasteiger partial charge on any atom is 0.0434 e. The van der Waals surface area contributed by atoms with Crippen molar-refractivity contribution in [3.05, 3.63) is 35.4 Å². The first-order chi connectivity index (χ1) is 8.17. The van der Waals surface area contributed by atoms with E-state index in [0.29, 0.717) is 12.0 Å². The third-order valence-corrected chi connectivity index (χ3v) is 3.28. The second-order valence-electron chi connectivity index (χ2n) is 4.84. The van der Waals surface area contributed by atoms with E-state index in [4.69, 9.17) is 5.11 Å². The number of hydrogen-bond acceptors (Lipinski definition) is 2. The molecule has 0 aliphatic carbocycles. The number of hydrogen-bond donors (Lipinski definition) is 2. The van der Waals surface area contributed by atoms with E-state index in [1.54, 1.807) is 0 Å². The van der Waals surface area contributed by atoms with Gasteiger partial charge in [-0.05, 0) is 43.4 Å². The molecule has 0 aromatic heterocycles. The van der Waals surface area contributed by atoms with E-state index in [2.05, 4.69) is 50.4 Å². The molecule has 0 saturated heterocycles. The zero-order valence-electron chi connectivity index (χ0n) is 11.2. The first-order valence-corrected chi connectivity index (χ1v) is 6.60. The molecule has 0 heterocycles. The summed E-state index contributed by atoms with van der Waals surface area (Å²) in [4.78, 5) is 0. The Morgan fingerprint density at radius 3 is 2.35 bits per heavy atom. The smallest absolute Gasteiger partial charge is 0.0434 e. The lowest BCUT2D eigenvalue weighted by atomic mass is 10.0. The summed E-state index contributed by atoms with van der Waals surface area (Å²) in [5.74, 6) is 0.525. The lowest BCUT2D eigenvalue weighted by Gasteiger charge is -2.17. The van der Waals surface area contributed by atoms with E-state index in [9.17, 15) is 0 Å². The molecule has 1 rings (SSSR count). The van der Waals surface area contributed by atoms with Crippen LogP contribution in [0.4, 0.5) is 0 Å². The van der Waals surface area contributed by atoms with Crippen molar-refractivity contribution >= 4 is 0 Å². The van der Waals surface area contributed by atoms with Crippen LogP contribution in [-0.4, -0.2) is 18.3 Å². The molecule has 0 aliphatic heterocycles. The minimum Gasteiger partial charge on any atom is -0.396 e. The van der Waals surface area contributed by atoms with Crippen molar-refractivity contribution in [2.24, 2.45) is 5.92 Å². The molecule has 2 nitrogen and oxygen atoms in total. The second kappa shape index (κ2) is 7.46. The molecule has 0 saturated carbocycles. The van der Waals surface area contributed by atoms with Gasteiger partial charge in [0, 0.05) is 12.6 Å². The zero-order valence-corrected chi connectivity index (χ0v) is 11.2. The molecule has 1 aromatic rings. The molecule has 96 valence electrons. The number of aliphatic hydroxyl groups is 1. The second-order valence-corrected chi connectivity index (χ2v) is 4.84. The highest BCUT2D eigenvalue weighted by Crippen LogP contribution is 2.14. The fraction of sp³-hybridized carbons (Fsp3) is 0.600. The maximum atomic E-state index is 8.85. The summed E-state index contributed by atoms with van der Waals surface area (Å²) in [5.41, 5.74) is 2.72. The van der Waals surface area contributed by atoms with Gasteiger partial charge in [0.25, 0.3) is 0 Å². The molecule has 2 N–H and O–H groups in total. The van der Waals surface area contributed by atoms with Crippen molar-refractivity contribution in [2.45, 2.75) is 39.7 Å². The van der Waals surface area contributed by atoms with Gasteiger partial charge in [-0.25, -0.2) is 0 Å². The maximum absolute atomic E-state index is 8.85. The summed E-state index contributed by atoms with van der Waals surface area (Å²) < 4.78 is 0. The molecule has 0 aliphatic rings. The van der Waals surface area contributed by atoms with Crippen molar-refractivity contribution in [3.63, 3.8) is 0 Å². The number of aryl methyl sites for hydroxylation is 1. The first-order valence-electron chi connectivity index (χ1n) is 6.60. The Morgan fingerprint density at radius 2 is 1.82 bits per heavy atom. The van der Waals surface area contributed by atoms with E-state index >= 15 is 0 Å². The molecular formula is C15H25NO. The summed E-state index contributed by atoms with van der Waals surface area (Å²) in [5, 5.41) is 12.4. The van der Waals surface area contributed by atoms with Crippen LogP contribution in [0, 0.1) is 5.92 Å². The van der Waals surface area contributed by atoms with Crippen molar-refractivity contribution in [1.29, 1.82) is 0 Å². The van der Waals surface area contributed by atoms with Crippen LogP contribution >= 0.6 is 0 Å². The molecule has 17 heavy (non-hydrogen) atoms. The number of nitrogens with one attached hydrogen (secondary N) is 1. The van der Waals surface area contributed by atoms with Crippen LogP contribution in [0.15, 0.2) is 24.3 Å². The molecule has 0 radical (unpaired) electrons. The minimum atomic E-state index is 0.280. The molecule has 2 atom stereocenters. The Hall–Kier alpha value is -0.860. The normalized spacial score (nSPS) is 14.6. The highest BCUT2D eigenvalue weighted by molar-refractivity contribution is 5.24. The fourth-order valence-corrected chi connectivity index (χ4v) is 1.86. The largest absolute Gasteiger partial charge is 0.396 e. The third-order valence-electron chi connectivity index (χ3n) is 3.28. The average Bonchev–Trinajstić information content (AvgIpc) is 2.36. The Morgan fingerprint density at radius 1 is 1.18 bits per heavy atom. The van der Waals surface area contributed by atoms with E-state index in [0.717, 1.165) is 19.4 Å². The summed E-state index contributed by atoms with van der Waals surface area (Å²) >= 11 is 0. The Balaban J connectivity index is 2.43. The summed E-state index contributed by atoms with van der Waals surface area (Å²) in [7, 11) is 0. The summed E-state index contributed by atoms with van der Waals surface area (Å²) in [6, 6.07) is 9.18. The van der Waals surface area contributed by atoms with Crippen molar-refractivity contribution < 1.29 is 5.11 Å². The van der Waals surface area contributed by atoms with E-state index in [1.165, 1.54) is 11.1 Å². The van der Waals surface area contributed by atoms with E-state index < -0.39 is 0 Å². The standard InChI is InChI=1S/C15H25NO/c1-4-14-5-7-15(8-6-14)13(3)16-11-12(2)9-10-17/h5-8,12-13,16-17H,4,9-11H2,1-3H3. The molecule has 0 fully saturated rings. The van der Waals surface area contributed by atoms with Crippen LogP contribution in [-0.2, 0) is 6.42 Å². The summed E-state index contributed by atoms with van der Waals surface area (Å²) in [6.45, 7) is 7.76. The Labute approximate surface area is 105 Å². The van der Waals surface area contributed by atoms with Gasteiger partial charge < -0.3 is 10.4 Å². The highest BCUT2D eigenvalue weighted by atomic mass is 16.3. The van der Waals surface area contributed by atoms with Crippen LogP contribution < -0.4 is 5.32 Å². The molecule has 0 bridgehead atoms. The molecule has 2 heteroatoms. The molecule has 0 amide bonds. The van der Waals surface area contributed by atoms with Gasteiger partial charge in [-0.15, -0.1) is 0 Å². The zero-order chi connectivity index (χ0) is 12.7. The predicted molar refractivity (Wildman–Crippen MR) is 73.1 cm³/mol. The van der Waals surface area contributed by atoms with Crippen LogP contribution in [0.2, 0.25) is 0 Å². The SMILES string of the molecule is CCc1ccc(C(C)NCC(C)CCO)cc1. The fourth-order valence-electron chi connectivity index (χ4n) is 1.86. The predicted octanol–water partition coefficient (Wildman–Crippen LogP) is 2.92. The van der Waals surface area contributed by atoms with Gasteiger partial charge >= 0.3 is 0 Å². The molecule has 0 spiro atoms. The lowest BCUT2D eigenvalue weighted by molar-refractivity contribution is 0.258. The monoisotopic (exact) mass is 235 g/mol. The Bertz CT molecular complexity index is 307. The quantitative estimate of drug-likeness (QED) is 0.761. The van der Waals surface area contributed by atoms with Crippen LogP contribution in [0.3, 0.4) is 0 Å². The van der Waals surface area contributed by atoms with Gasteiger partial charge in [0.1, 0.15) is 0 Å². The molecule has 1 aromatic carbocycles. The number of aliphatic hydroxyl groups excluding tert-OH is 1. The van der Waals surface area contributed by atoms with Gasteiger partial charge in [0.05, 0.1) is 0 Å². The van der Waals surface area contributed by atoms with E-state index in [1.807, 2.05) is 0 Å². The van der Waals surface area contributed by atoms with Gasteiger partial charge in [-0.2, -0.15) is 0 Å². The topological polar surface area (TPSA) is 32.3 Å². The minimum absolute atomic E-state index is 0.280. The van der Waals surface area contributed by atoms with Crippen molar-refractivity contribution in [3.8, 4) is 0 Å². The van der Waals surface area contributed by atoms with Crippen LogP contribution in [0.1, 0.15) is 44.4 Å². The number of rotatable bonds is 7. The number of benzene rings is 1. The van der Waals surface area contributed by atoms with Gasteiger partial charge in [-0.1, -0.05) is 38.1 Å². The van der Waals surface area contributed by atoms with Crippen LogP contribution in [0.5, 0.6) is 0 Å². The highest BCUT2D eigenvalue weighted by Gasteiger charge is 2.07. The van der Waals surface area contributed by atoms with Gasteiger partial charge in [0.15, 0.2) is 0 Å². The Kier molecular flexibility index (Phi) is 6.23. The van der Waals surface area contributed by atoms with E-state index in [-0.39, 0.29) is 6.61 Å². The molecular weight excluding hydrogens is 210 g/mol. The van der Waals surface area contributed by atoms with Crippen molar-refractivity contribution in [1.82, 2.24) is 5.32 Å².